The van der Waals surface area contributed by atoms with E-state index in [9.17, 15) is 18.0 Å². The van der Waals surface area contributed by atoms with Crippen molar-refractivity contribution in [1.82, 2.24) is 0 Å². The van der Waals surface area contributed by atoms with Gasteiger partial charge in [-0.2, -0.15) is 13.2 Å². The maximum atomic E-state index is 12.9. The van der Waals surface area contributed by atoms with Crippen LogP contribution in [0.15, 0.2) is 36.4 Å². The van der Waals surface area contributed by atoms with E-state index in [1.54, 1.807) is 6.92 Å². The number of hydrogen-bond acceptors (Lipinski definition) is 4. The lowest BCUT2D eigenvalue weighted by molar-refractivity contribution is -0.137. The highest BCUT2D eigenvalue weighted by Crippen LogP contribution is 2.37. The highest BCUT2D eigenvalue weighted by atomic mass is 19.4. The highest BCUT2D eigenvalue weighted by molar-refractivity contribution is 5.95. The minimum atomic E-state index is -4.37. The number of halogens is 3. The zero-order chi connectivity index (χ0) is 20.1. The van der Waals surface area contributed by atoms with E-state index in [2.05, 4.69) is 4.90 Å². The molecule has 2 N–H and O–H groups in total. The molecule has 2 aliphatic heterocycles. The summed E-state index contributed by atoms with van der Waals surface area (Å²) < 4.78 is 44.1. The molecule has 28 heavy (non-hydrogen) atoms. The molecule has 0 aromatic heterocycles. The number of hydrogen-bond donors (Lipinski definition) is 1. The molecule has 4 nitrogen and oxygen atoms in total. The first-order chi connectivity index (χ1) is 13.2. The van der Waals surface area contributed by atoms with Crippen molar-refractivity contribution >= 4 is 11.7 Å². The summed E-state index contributed by atoms with van der Waals surface area (Å²) in [5.74, 6) is -0.394. The number of cyclic esters (lactones) is 1. The van der Waals surface area contributed by atoms with Crippen LogP contribution in [0.3, 0.4) is 0 Å². The van der Waals surface area contributed by atoms with Crippen LogP contribution in [0, 0.1) is 6.92 Å². The number of anilines is 1. The summed E-state index contributed by atoms with van der Waals surface area (Å²) in [6.45, 7) is 3.24. The molecule has 7 heteroatoms. The Labute approximate surface area is 161 Å². The number of esters is 1. The number of rotatable bonds is 3. The first-order valence-electron chi connectivity index (χ1n) is 9.24. The van der Waals surface area contributed by atoms with Gasteiger partial charge in [0.05, 0.1) is 11.1 Å². The van der Waals surface area contributed by atoms with Gasteiger partial charge < -0.3 is 15.4 Å². The molecular weight excluding hydrogens is 369 g/mol. The fourth-order valence-corrected chi connectivity index (χ4v) is 3.93. The third-order valence-electron chi connectivity index (χ3n) is 5.52. The Kier molecular flexibility index (Phi) is 4.57. The Balaban J connectivity index is 1.57. The molecule has 2 unspecified atom stereocenters. The Bertz CT molecular complexity index is 926. The smallest absolute Gasteiger partial charge is 0.416 e. The lowest BCUT2D eigenvalue weighted by Gasteiger charge is -2.19. The van der Waals surface area contributed by atoms with Crippen molar-refractivity contribution in [3.8, 4) is 0 Å². The molecule has 1 saturated heterocycles. The summed E-state index contributed by atoms with van der Waals surface area (Å²) in [6.07, 6.45) is -3.61. The van der Waals surface area contributed by atoms with Crippen LogP contribution >= 0.6 is 0 Å². The number of carbonyl (C=O) groups is 1. The zero-order valence-corrected chi connectivity index (χ0v) is 15.4. The number of nitrogens with two attached hydrogens (primary N) is 1. The van der Waals surface area contributed by atoms with Gasteiger partial charge in [0.25, 0.3) is 0 Å². The van der Waals surface area contributed by atoms with Gasteiger partial charge in [0.1, 0.15) is 6.10 Å². The normalized spacial score (nSPS) is 21.8. The third-order valence-corrected chi connectivity index (χ3v) is 5.52. The molecule has 0 amide bonds. The number of aryl methyl sites for hydroxylation is 1. The van der Waals surface area contributed by atoms with Gasteiger partial charge in [-0.05, 0) is 48.7 Å². The summed E-state index contributed by atoms with van der Waals surface area (Å²) in [5.41, 5.74) is 8.78. The summed E-state index contributed by atoms with van der Waals surface area (Å²) in [4.78, 5) is 14.5. The van der Waals surface area contributed by atoms with Crippen LogP contribution in [0.1, 0.15) is 45.1 Å². The Morgan fingerprint density at radius 3 is 2.64 bits per heavy atom. The molecular formula is C21H21F3N2O2. The van der Waals surface area contributed by atoms with Crippen molar-refractivity contribution in [2.75, 3.05) is 18.0 Å². The van der Waals surface area contributed by atoms with E-state index in [1.165, 1.54) is 6.07 Å². The number of benzene rings is 2. The van der Waals surface area contributed by atoms with Crippen molar-refractivity contribution in [2.45, 2.75) is 38.1 Å². The number of nitrogens with zero attached hydrogens (tertiary/aromatic N) is 1. The van der Waals surface area contributed by atoms with E-state index in [-0.39, 0.29) is 6.04 Å². The average Bonchev–Trinajstić information content (AvgIpc) is 3.19. The molecule has 2 aliphatic rings. The van der Waals surface area contributed by atoms with E-state index in [4.69, 9.17) is 10.5 Å². The second-order valence-electron chi connectivity index (χ2n) is 7.50. The van der Waals surface area contributed by atoms with Crippen molar-refractivity contribution in [1.29, 1.82) is 0 Å². The van der Waals surface area contributed by atoms with Crippen molar-refractivity contribution in [2.24, 2.45) is 5.73 Å². The molecule has 1 fully saturated rings. The van der Waals surface area contributed by atoms with E-state index in [0.29, 0.717) is 17.5 Å². The SMILES string of the molecule is Cc1cc(C(F)(F)F)ccc1CC1OC(=O)c2cc(N3CCC(N)C3)ccc21. The summed E-state index contributed by atoms with van der Waals surface area (Å²) in [6, 6.07) is 9.45. The van der Waals surface area contributed by atoms with Gasteiger partial charge in [0.2, 0.25) is 0 Å². The Morgan fingerprint density at radius 2 is 2.00 bits per heavy atom. The van der Waals surface area contributed by atoms with E-state index in [1.807, 2.05) is 18.2 Å². The molecule has 2 aromatic carbocycles. The molecule has 0 radical (unpaired) electrons. The lowest BCUT2D eigenvalue weighted by atomic mass is 9.95. The quantitative estimate of drug-likeness (QED) is 0.805. The Morgan fingerprint density at radius 1 is 1.21 bits per heavy atom. The van der Waals surface area contributed by atoms with Crippen LogP contribution < -0.4 is 10.6 Å². The van der Waals surface area contributed by atoms with Crippen molar-refractivity contribution in [3.63, 3.8) is 0 Å². The van der Waals surface area contributed by atoms with Gasteiger partial charge in [-0.15, -0.1) is 0 Å². The number of fused-ring (bicyclic) bond motifs is 1. The van der Waals surface area contributed by atoms with Crippen LogP contribution in [0.25, 0.3) is 0 Å². The van der Waals surface area contributed by atoms with Gasteiger partial charge in [-0.1, -0.05) is 12.1 Å². The summed E-state index contributed by atoms with van der Waals surface area (Å²) in [5, 5.41) is 0. The maximum Gasteiger partial charge on any atom is 0.416 e. The van der Waals surface area contributed by atoms with Gasteiger partial charge in [0, 0.05) is 36.8 Å². The van der Waals surface area contributed by atoms with E-state index in [0.717, 1.165) is 48.5 Å². The van der Waals surface area contributed by atoms with Crippen LogP contribution in [0.5, 0.6) is 0 Å². The molecule has 0 saturated carbocycles. The van der Waals surface area contributed by atoms with Gasteiger partial charge in [-0.25, -0.2) is 4.79 Å². The first kappa shape index (κ1) is 18.8. The average molecular weight is 390 g/mol. The highest BCUT2D eigenvalue weighted by Gasteiger charge is 2.34. The fraction of sp³-hybridized carbons (Fsp3) is 0.381. The number of ether oxygens (including phenoxy) is 1. The van der Waals surface area contributed by atoms with Crippen molar-refractivity contribution in [3.05, 3.63) is 64.2 Å². The molecule has 0 spiro atoms. The van der Waals surface area contributed by atoms with Gasteiger partial charge in [-0.3, -0.25) is 0 Å². The predicted molar refractivity (Wildman–Crippen MR) is 99.3 cm³/mol. The standard InChI is InChI=1S/C21H21F3N2O2/c1-12-8-14(21(22,23)24)3-2-13(12)9-19-17-5-4-16(10-18(17)20(27)28-19)26-7-6-15(25)11-26/h2-5,8,10,15,19H,6-7,9,11,25H2,1H3. The maximum absolute atomic E-state index is 12.9. The summed E-state index contributed by atoms with van der Waals surface area (Å²) >= 11 is 0. The molecule has 2 heterocycles. The summed E-state index contributed by atoms with van der Waals surface area (Å²) in [7, 11) is 0. The molecule has 148 valence electrons. The van der Waals surface area contributed by atoms with Crippen LogP contribution in [0.2, 0.25) is 0 Å². The van der Waals surface area contributed by atoms with Crippen LogP contribution in [-0.4, -0.2) is 25.1 Å². The van der Waals surface area contributed by atoms with Crippen molar-refractivity contribution < 1.29 is 22.7 Å². The zero-order valence-electron chi connectivity index (χ0n) is 15.4. The van der Waals surface area contributed by atoms with Gasteiger partial charge in [0.15, 0.2) is 0 Å². The molecule has 4 rings (SSSR count). The van der Waals surface area contributed by atoms with E-state index >= 15 is 0 Å². The van der Waals surface area contributed by atoms with Gasteiger partial charge >= 0.3 is 12.1 Å². The largest absolute Gasteiger partial charge is 0.454 e. The molecule has 0 aliphatic carbocycles. The topological polar surface area (TPSA) is 55.6 Å². The second-order valence-corrected chi connectivity index (χ2v) is 7.50. The van der Waals surface area contributed by atoms with E-state index < -0.39 is 23.8 Å². The molecule has 2 aromatic rings. The van der Waals surface area contributed by atoms with Crippen LogP contribution in [0.4, 0.5) is 18.9 Å². The molecule has 0 bridgehead atoms. The molecule has 2 atom stereocenters. The minimum absolute atomic E-state index is 0.135. The first-order valence-corrected chi connectivity index (χ1v) is 9.24. The van der Waals surface area contributed by atoms with Crippen LogP contribution in [-0.2, 0) is 17.3 Å². The number of alkyl halides is 3. The third kappa shape index (κ3) is 3.46. The second kappa shape index (κ2) is 6.81. The monoisotopic (exact) mass is 390 g/mol. The lowest BCUT2D eigenvalue weighted by Crippen LogP contribution is -2.26. The minimum Gasteiger partial charge on any atom is -0.454 e. The Hall–Kier alpha value is -2.54. The fourth-order valence-electron chi connectivity index (χ4n) is 3.93. The predicted octanol–water partition coefficient (Wildman–Crippen LogP) is 4.01. The number of carbonyl (C=O) groups excluding carboxylic acids is 1.